The van der Waals surface area contributed by atoms with Gasteiger partial charge in [-0.1, -0.05) is 0 Å². The third kappa shape index (κ3) is 3.26. The van der Waals surface area contributed by atoms with E-state index in [9.17, 15) is 0 Å². The normalized spacial score (nSPS) is 16.4. The molecule has 0 aliphatic carbocycles. The van der Waals surface area contributed by atoms with Crippen LogP contribution in [0.4, 0.5) is 5.95 Å². The third-order valence-electron chi connectivity index (χ3n) is 5.23. The molecule has 1 saturated heterocycles. The Bertz CT molecular complexity index is 987. The fraction of sp³-hybridized carbons (Fsp3) is 0.400. The molecule has 0 spiro atoms. The first-order valence-corrected chi connectivity index (χ1v) is 9.25. The van der Waals surface area contributed by atoms with Crippen LogP contribution in [-0.2, 0) is 7.05 Å². The molecule has 0 saturated carbocycles. The molecule has 0 amide bonds. The van der Waals surface area contributed by atoms with E-state index in [2.05, 4.69) is 26.0 Å². The van der Waals surface area contributed by atoms with Gasteiger partial charge in [-0.3, -0.25) is 0 Å². The Kier molecular flexibility index (Phi) is 4.85. The first kappa shape index (κ1) is 18.2. The van der Waals surface area contributed by atoms with Crippen LogP contribution in [0.2, 0.25) is 0 Å². The zero-order chi connectivity index (χ0) is 19.7. The summed E-state index contributed by atoms with van der Waals surface area (Å²) >= 11 is 0. The lowest BCUT2D eigenvalue weighted by atomic mass is 9.97. The van der Waals surface area contributed by atoms with E-state index in [0.29, 0.717) is 11.9 Å². The number of aryl methyl sites for hydroxylation is 2. The summed E-state index contributed by atoms with van der Waals surface area (Å²) in [6, 6.07) is 5.95. The zero-order valence-electron chi connectivity index (χ0n) is 16.6. The summed E-state index contributed by atoms with van der Waals surface area (Å²) in [5.41, 5.74) is 2.95. The smallest absolute Gasteiger partial charge is 0.226 e. The lowest BCUT2D eigenvalue weighted by Gasteiger charge is -2.19. The molecule has 28 heavy (non-hydrogen) atoms. The maximum atomic E-state index is 5.57. The number of anilines is 1. The van der Waals surface area contributed by atoms with Crippen molar-refractivity contribution in [1.82, 2.24) is 24.7 Å². The number of aromatic nitrogens is 5. The topological polar surface area (TPSA) is 78.2 Å². The van der Waals surface area contributed by atoms with Crippen molar-refractivity contribution in [2.75, 3.05) is 32.2 Å². The summed E-state index contributed by atoms with van der Waals surface area (Å²) in [6.07, 6.45) is 4.39. The van der Waals surface area contributed by atoms with E-state index in [1.54, 1.807) is 18.9 Å². The summed E-state index contributed by atoms with van der Waals surface area (Å²) in [5.74, 6) is 3.51. The molecule has 1 fully saturated rings. The SMILES string of the molecule is COc1ccc(OC)c([C@H]2CCN(c3ncc(C)c(-c4ncnn4C)n3)C2)c1. The van der Waals surface area contributed by atoms with Gasteiger partial charge in [-0.25, -0.2) is 19.6 Å². The van der Waals surface area contributed by atoms with Crippen LogP contribution < -0.4 is 14.4 Å². The Morgan fingerprint density at radius 3 is 2.71 bits per heavy atom. The molecule has 1 aliphatic rings. The van der Waals surface area contributed by atoms with Crippen molar-refractivity contribution in [1.29, 1.82) is 0 Å². The Labute approximate surface area is 164 Å². The number of ether oxygens (including phenoxy) is 2. The molecular weight excluding hydrogens is 356 g/mol. The van der Waals surface area contributed by atoms with Gasteiger partial charge in [0.25, 0.3) is 0 Å². The molecule has 3 aromatic rings. The van der Waals surface area contributed by atoms with Crippen molar-refractivity contribution in [3.63, 3.8) is 0 Å². The molecule has 4 rings (SSSR count). The second kappa shape index (κ2) is 7.46. The molecule has 2 aromatic heterocycles. The van der Waals surface area contributed by atoms with Crippen LogP contribution in [0, 0.1) is 6.92 Å². The summed E-state index contributed by atoms with van der Waals surface area (Å²) in [4.78, 5) is 15.9. The largest absolute Gasteiger partial charge is 0.497 e. The second-order valence-electron chi connectivity index (χ2n) is 6.95. The van der Waals surface area contributed by atoms with Crippen molar-refractivity contribution in [2.45, 2.75) is 19.3 Å². The molecule has 0 bridgehead atoms. The van der Waals surface area contributed by atoms with Crippen molar-refractivity contribution in [3.8, 4) is 23.0 Å². The molecule has 8 nitrogen and oxygen atoms in total. The summed E-state index contributed by atoms with van der Waals surface area (Å²) in [6.45, 7) is 3.69. The van der Waals surface area contributed by atoms with Gasteiger partial charge >= 0.3 is 0 Å². The lowest BCUT2D eigenvalue weighted by molar-refractivity contribution is 0.396. The molecule has 8 heteroatoms. The third-order valence-corrected chi connectivity index (χ3v) is 5.23. The van der Waals surface area contributed by atoms with Crippen molar-refractivity contribution in [2.24, 2.45) is 7.05 Å². The highest BCUT2D eigenvalue weighted by atomic mass is 16.5. The van der Waals surface area contributed by atoms with E-state index in [4.69, 9.17) is 14.5 Å². The average Bonchev–Trinajstić information content (AvgIpc) is 3.37. The first-order chi connectivity index (χ1) is 13.6. The molecule has 0 unspecified atom stereocenters. The van der Waals surface area contributed by atoms with E-state index >= 15 is 0 Å². The highest BCUT2D eigenvalue weighted by Crippen LogP contribution is 2.37. The molecule has 3 heterocycles. The molecule has 1 aromatic carbocycles. The standard InChI is InChI=1S/C20H24N6O2/c1-13-10-21-20(24-18(13)19-22-12-23-25(19)2)26-8-7-14(11-26)16-9-15(27-3)5-6-17(16)28-4/h5-6,9-10,12,14H,7-8,11H2,1-4H3/t14-/m0/s1. The molecule has 0 radical (unpaired) electrons. The van der Waals surface area contributed by atoms with Gasteiger partial charge in [0.05, 0.1) is 14.2 Å². The highest BCUT2D eigenvalue weighted by molar-refractivity contribution is 5.56. The fourth-order valence-electron chi connectivity index (χ4n) is 3.68. The Morgan fingerprint density at radius 2 is 2.00 bits per heavy atom. The number of hydrogen-bond donors (Lipinski definition) is 0. The zero-order valence-corrected chi connectivity index (χ0v) is 16.6. The van der Waals surface area contributed by atoms with Gasteiger partial charge in [0.15, 0.2) is 5.82 Å². The number of rotatable bonds is 5. The molecule has 1 atom stereocenters. The van der Waals surface area contributed by atoms with Crippen LogP contribution in [-0.4, -0.2) is 52.0 Å². The van der Waals surface area contributed by atoms with E-state index in [1.807, 2.05) is 32.3 Å². The van der Waals surface area contributed by atoms with Gasteiger partial charge < -0.3 is 14.4 Å². The lowest BCUT2D eigenvalue weighted by Crippen LogP contribution is -2.22. The quantitative estimate of drug-likeness (QED) is 0.673. The summed E-state index contributed by atoms with van der Waals surface area (Å²) < 4.78 is 12.7. The van der Waals surface area contributed by atoms with Crippen molar-refractivity contribution < 1.29 is 9.47 Å². The fourth-order valence-corrected chi connectivity index (χ4v) is 3.68. The van der Waals surface area contributed by atoms with Crippen molar-refractivity contribution in [3.05, 3.63) is 41.9 Å². The van der Waals surface area contributed by atoms with Crippen LogP contribution in [0.25, 0.3) is 11.5 Å². The van der Waals surface area contributed by atoms with Gasteiger partial charge in [0.2, 0.25) is 5.95 Å². The summed E-state index contributed by atoms with van der Waals surface area (Å²) in [5, 5.41) is 4.15. The second-order valence-corrected chi connectivity index (χ2v) is 6.95. The number of methoxy groups -OCH3 is 2. The van der Waals surface area contributed by atoms with E-state index in [0.717, 1.165) is 53.7 Å². The summed E-state index contributed by atoms with van der Waals surface area (Å²) in [7, 11) is 5.25. The van der Waals surface area contributed by atoms with Gasteiger partial charge in [-0.05, 0) is 37.1 Å². The Hall–Kier alpha value is -3.16. The van der Waals surface area contributed by atoms with Crippen LogP contribution in [0.1, 0.15) is 23.5 Å². The molecule has 1 aliphatic heterocycles. The van der Waals surface area contributed by atoms with Gasteiger partial charge in [-0.2, -0.15) is 5.10 Å². The number of benzene rings is 1. The van der Waals surface area contributed by atoms with Crippen LogP contribution in [0.5, 0.6) is 11.5 Å². The predicted octanol–water partition coefficient (Wildman–Crippen LogP) is 2.59. The minimum Gasteiger partial charge on any atom is -0.497 e. The molecular formula is C20H24N6O2. The van der Waals surface area contributed by atoms with Gasteiger partial charge in [0.1, 0.15) is 23.5 Å². The monoisotopic (exact) mass is 380 g/mol. The van der Waals surface area contributed by atoms with Crippen LogP contribution >= 0.6 is 0 Å². The van der Waals surface area contributed by atoms with Crippen LogP contribution in [0.3, 0.4) is 0 Å². The minimum atomic E-state index is 0.327. The maximum Gasteiger partial charge on any atom is 0.226 e. The molecule has 0 N–H and O–H groups in total. The predicted molar refractivity (Wildman–Crippen MR) is 106 cm³/mol. The minimum absolute atomic E-state index is 0.327. The van der Waals surface area contributed by atoms with Crippen LogP contribution in [0.15, 0.2) is 30.7 Å². The Balaban J connectivity index is 1.61. The van der Waals surface area contributed by atoms with Gasteiger partial charge in [-0.15, -0.1) is 0 Å². The van der Waals surface area contributed by atoms with E-state index in [1.165, 1.54) is 6.33 Å². The van der Waals surface area contributed by atoms with E-state index in [-0.39, 0.29) is 0 Å². The van der Waals surface area contributed by atoms with Crippen molar-refractivity contribution >= 4 is 5.95 Å². The van der Waals surface area contributed by atoms with E-state index < -0.39 is 0 Å². The maximum absolute atomic E-state index is 5.57. The highest BCUT2D eigenvalue weighted by Gasteiger charge is 2.28. The van der Waals surface area contributed by atoms with Gasteiger partial charge in [0, 0.05) is 37.8 Å². The first-order valence-electron chi connectivity index (χ1n) is 9.25. The Morgan fingerprint density at radius 1 is 1.14 bits per heavy atom. The molecule has 146 valence electrons. The number of nitrogens with zero attached hydrogens (tertiary/aromatic N) is 6. The average molecular weight is 380 g/mol. The number of hydrogen-bond acceptors (Lipinski definition) is 7.